The summed E-state index contributed by atoms with van der Waals surface area (Å²) in [4.78, 5) is 4.37. The molecule has 0 saturated carbocycles. The molecule has 0 unspecified atom stereocenters. The highest BCUT2D eigenvalue weighted by atomic mass is 127. The summed E-state index contributed by atoms with van der Waals surface area (Å²) < 4.78 is 26.5. The van der Waals surface area contributed by atoms with E-state index in [4.69, 9.17) is 0 Å². The Morgan fingerprint density at radius 3 is 2.48 bits per heavy atom. The third-order valence-corrected chi connectivity index (χ3v) is 2.50. The maximum atomic E-state index is 13.5. The minimum atomic E-state index is -0.426. The Labute approximate surface area is 142 Å². The maximum Gasteiger partial charge on any atom is 0.191 e. The Morgan fingerprint density at radius 2 is 1.90 bits per heavy atom. The van der Waals surface area contributed by atoms with Gasteiger partial charge in [0.2, 0.25) is 0 Å². The van der Waals surface area contributed by atoms with Gasteiger partial charge in [-0.05, 0) is 57.9 Å². The van der Waals surface area contributed by atoms with E-state index in [0.29, 0.717) is 24.5 Å². The van der Waals surface area contributed by atoms with Gasteiger partial charge in [-0.15, -0.1) is 24.0 Å². The molecule has 0 heterocycles. The molecule has 6 heteroatoms. The third-order valence-electron chi connectivity index (χ3n) is 2.50. The molecule has 1 aromatic rings. The molecule has 0 aromatic heterocycles. The normalized spacial score (nSPS) is 11.8. The second kappa shape index (κ2) is 9.17. The van der Waals surface area contributed by atoms with Gasteiger partial charge in [-0.3, -0.25) is 4.99 Å². The van der Waals surface area contributed by atoms with E-state index < -0.39 is 11.6 Å². The highest BCUT2D eigenvalue weighted by Gasteiger charge is 2.11. The summed E-state index contributed by atoms with van der Waals surface area (Å²) in [6, 6.07) is 3.48. The largest absolute Gasteiger partial charge is 0.357 e. The fraction of sp³-hybridized carbons (Fsp3) is 0.533. The molecule has 120 valence electrons. The Hall–Kier alpha value is -0.920. The van der Waals surface area contributed by atoms with Crippen LogP contribution in [0.5, 0.6) is 0 Å². The van der Waals surface area contributed by atoms with Crippen LogP contribution in [0.1, 0.15) is 33.3 Å². The van der Waals surface area contributed by atoms with E-state index in [1.54, 1.807) is 0 Å². The number of benzene rings is 1. The number of aliphatic imine (C=N–C) groups is 1. The highest BCUT2D eigenvalue weighted by molar-refractivity contribution is 14.0. The maximum absolute atomic E-state index is 13.5. The van der Waals surface area contributed by atoms with Gasteiger partial charge in [0, 0.05) is 18.6 Å². The van der Waals surface area contributed by atoms with Crippen molar-refractivity contribution in [2.45, 2.75) is 39.7 Å². The summed E-state index contributed by atoms with van der Waals surface area (Å²) in [6.07, 6.45) is 0.365. The number of rotatable bonds is 4. The van der Waals surface area contributed by atoms with Gasteiger partial charge in [-0.25, -0.2) is 8.78 Å². The topological polar surface area (TPSA) is 36.4 Å². The molecule has 0 spiro atoms. The molecule has 0 aliphatic carbocycles. The van der Waals surface area contributed by atoms with Crippen molar-refractivity contribution >= 4 is 29.9 Å². The number of halogens is 3. The highest BCUT2D eigenvalue weighted by Crippen LogP contribution is 2.10. The first-order valence-electron chi connectivity index (χ1n) is 6.82. The smallest absolute Gasteiger partial charge is 0.191 e. The van der Waals surface area contributed by atoms with Crippen LogP contribution in [-0.4, -0.2) is 24.6 Å². The van der Waals surface area contributed by atoms with E-state index >= 15 is 0 Å². The van der Waals surface area contributed by atoms with Gasteiger partial charge in [-0.2, -0.15) is 0 Å². The van der Waals surface area contributed by atoms with Crippen LogP contribution in [0.3, 0.4) is 0 Å². The van der Waals surface area contributed by atoms with Crippen molar-refractivity contribution in [2.75, 3.05) is 13.1 Å². The predicted molar refractivity (Wildman–Crippen MR) is 94.3 cm³/mol. The van der Waals surface area contributed by atoms with Crippen molar-refractivity contribution in [3.8, 4) is 0 Å². The molecule has 0 saturated heterocycles. The average molecular weight is 411 g/mol. The summed E-state index contributed by atoms with van der Waals surface area (Å²) in [5.74, 6) is -0.141. The number of guanidine groups is 1. The molecule has 2 N–H and O–H groups in total. The Morgan fingerprint density at radius 1 is 1.24 bits per heavy atom. The zero-order valence-electron chi connectivity index (χ0n) is 13.0. The van der Waals surface area contributed by atoms with Crippen LogP contribution in [0, 0.1) is 11.6 Å². The molecule has 1 rings (SSSR count). The predicted octanol–water partition coefficient (Wildman–Crippen LogP) is 3.48. The van der Waals surface area contributed by atoms with Crippen LogP contribution in [0.15, 0.2) is 23.2 Å². The van der Waals surface area contributed by atoms with Crippen molar-refractivity contribution in [1.82, 2.24) is 10.6 Å². The summed E-state index contributed by atoms with van der Waals surface area (Å²) in [7, 11) is 0. The summed E-state index contributed by atoms with van der Waals surface area (Å²) >= 11 is 0. The molecule has 1 aromatic carbocycles. The van der Waals surface area contributed by atoms with Crippen LogP contribution in [0.2, 0.25) is 0 Å². The first kappa shape index (κ1) is 20.1. The molecule has 0 aliphatic heterocycles. The van der Waals surface area contributed by atoms with Crippen LogP contribution >= 0.6 is 24.0 Å². The summed E-state index contributed by atoms with van der Waals surface area (Å²) in [6.45, 7) is 9.22. The number of nitrogens with zero attached hydrogens (tertiary/aromatic N) is 1. The van der Waals surface area contributed by atoms with Crippen molar-refractivity contribution in [3.05, 3.63) is 35.4 Å². The van der Waals surface area contributed by atoms with E-state index in [1.807, 2.05) is 27.7 Å². The zero-order chi connectivity index (χ0) is 15.2. The fourth-order valence-electron chi connectivity index (χ4n) is 1.69. The molecule has 3 nitrogen and oxygen atoms in total. The van der Waals surface area contributed by atoms with E-state index in [-0.39, 0.29) is 29.5 Å². The van der Waals surface area contributed by atoms with Gasteiger partial charge in [0.05, 0.1) is 0 Å². The Bertz CT molecular complexity index is 470. The average Bonchev–Trinajstić information content (AvgIpc) is 2.32. The first-order chi connectivity index (χ1) is 9.31. The Kier molecular flexibility index (Phi) is 8.77. The van der Waals surface area contributed by atoms with Gasteiger partial charge in [0.25, 0.3) is 0 Å². The molecular formula is C15H24F2IN3. The number of hydrogen-bond donors (Lipinski definition) is 2. The van der Waals surface area contributed by atoms with E-state index in [1.165, 1.54) is 6.07 Å². The minimum absolute atomic E-state index is 0. The van der Waals surface area contributed by atoms with E-state index in [2.05, 4.69) is 15.6 Å². The van der Waals surface area contributed by atoms with Gasteiger partial charge < -0.3 is 10.6 Å². The van der Waals surface area contributed by atoms with E-state index in [0.717, 1.165) is 18.7 Å². The number of nitrogens with one attached hydrogen (secondary N) is 2. The second-order valence-electron chi connectivity index (χ2n) is 5.62. The lowest BCUT2D eigenvalue weighted by atomic mass is 10.1. The van der Waals surface area contributed by atoms with Crippen molar-refractivity contribution in [1.29, 1.82) is 0 Å². The first-order valence-corrected chi connectivity index (χ1v) is 6.82. The third kappa shape index (κ3) is 8.18. The van der Waals surface area contributed by atoms with Crippen LogP contribution in [0.25, 0.3) is 0 Å². The lowest BCUT2D eigenvalue weighted by Crippen LogP contribution is -2.47. The lowest BCUT2D eigenvalue weighted by molar-refractivity contribution is 0.501. The molecular weight excluding hydrogens is 387 g/mol. The molecule has 0 radical (unpaired) electrons. The van der Waals surface area contributed by atoms with Gasteiger partial charge in [0.1, 0.15) is 11.6 Å². The van der Waals surface area contributed by atoms with Gasteiger partial charge in [-0.1, -0.05) is 0 Å². The molecule has 0 fully saturated rings. The molecule has 0 bridgehead atoms. The van der Waals surface area contributed by atoms with Crippen molar-refractivity contribution < 1.29 is 8.78 Å². The zero-order valence-corrected chi connectivity index (χ0v) is 15.3. The molecule has 0 amide bonds. The van der Waals surface area contributed by atoms with Crippen LogP contribution in [0.4, 0.5) is 8.78 Å². The monoisotopic (exact) mass is 411 g/mol. The lowest BCUT2D eigenvalue weighted by Gasteiger charge is -2.23. The fourth-order valence-corrected chi connectivity index (χ4v) is 1.69. The summed E-state index contributed by atoms with van der Waals surface area (Å²) in [5.41, 5.74) is 0.242. The van der Waals surface area contributed by atoms with Gasteiger partial charge in [0.15, 0.2) is 5.96 Å². The number of hydrogen-bond acceptors (Lipinski definition) is 1. The molecule has 21 heavy (non-hydrogen) atoms. The van der Waals surface area contributed by atoms with Crippen molar-refractivity contribution in [3.63, 3.8) is 0 Å². The van der Waals surface area contributed by atoms with Crippen molar-refractivity contribution in [2.24, 2.45) is 4.99 Å². The van der Waals surface area contributed by atoms with E-state index in [9.17, 15) is 8.78 Å². The Balaban J connectivity index is 0.00000400. The van der Waals surface area contributed by atoms with Crippen LogP contribution < -0.4 is 10.6 Å². The molecule has 0 aliphatic rings. The minimum Gasteiger partial charge on any atom is -0.357 e. The molecule has 0 atom stereocenters. The van der Waals surface area contributed by atoms with Gasteiger partial charge >= 0.3 is 0 Å². The quantitative estimate of drug-likeness (QED) is 0.452. The van der Waals surface area contributed by atoms with Crippen LogP contribution in [-0.2, 0) is 6.42 Å². The SMILES string of the molecule is CCNC(=NCCc1cc(F)ccc1F)NC(C)(C)C.I. The standard InChI is InChI=1S/C15H23F2N3.HI/c1-5-18-14(20-15(2,3)4)19-9-8-11-10-12(16)6-7-13(11)17;/h6-7,10H,5,8-9H2,1-4H3,(H2,18,19,20);1H. The summed E-state index contributed by atoms with van der Waals surface area (Å²) in [5, 5.41) is 6.36. The second-order valence-corrected chi connectivity index (χ2v) is 5.62.